The normalized spacial score (nSPS) is 14.4. The molecule has 0 spiro atoms. The highest BCUT2D eigenvalue weighted by molar-refractivity contribution is 5.20. The molecule has 1 aromatic rings. The summed E-state index contributed by atoms with van der Waals surface area (Å²) in [6.07, 6.45) is 3.70. The lowest BCUT2D eigenvalue weighted by Gasteiger charge is -2.22. The Morgan fingerprint density at radius 3 is 2.59 bits per heavy atom. The van der Waals surface area contributed by atoms with Crippen molar-refractivity contribution in [1.29, 1.82) is 0 Å². The van der Waals surface area contributed by atoms with Gasteiger partial charge in [0.2, 0.25) is 5.88 Å². The van der Waals surface area contributed by atoms with Gasteiger partial charge in [0.05, 0.1) is 13.2 Å². The zero-order valence-electron chi connectivity index (χ0n) is 10.6. The van der Waals surface area contributed by atoms with E-state index in [1.165, 1.54) is 19.5 Å². The van der Waals surface area contributed by atoms with Crippen molar-refractivity contribution in [2.75, 3.05) is 13.7 Å². The summed E-state index contributed by atoms with van der Waals surface area (Å²) in [6, 6.07) is 0. The average Bonchev–Trinajstić information content (AvgIpc) is 2.37. The van der Waals surface area contributed by atoms with Crippen molar-refractivity contribution in [2.45, 2.75) is 38.9 Å². The Morgan fingerprint density at radius 1 is 1.29 bits per heavy atom. The second kappa shape index (κ2) is 7.19. The quantitative estimate of drug-likeness (QED) is 0.786. The Labute approximate surface area is 102 Å². The third kappa shape index (κ3) is 3.64. The molecule has 0 amide bonds. The van der Waals surface area contributed by atoms with E-state index in [9.17, 15) is 5.11 Å². The SMILES string of the molecule is CCCC(OCC)C(O)c1nccnc1OC. The van der Waals surface area contributed by atoms with Crippen molar-refractivity contribution in [2.24, 2.45) is 0 Å². The smallest absolute Gasteiger partial charge is 0.238 e. The Hall–Kier alpha value is -1.20. The number of aliphatic hydroxyl groups excluding tert-OH is 1. The lowest BCUT2D eigenvalue weighted by molar-refractivity contribution is -0.0413. The van der Waals surface area contributed by atoms with Gasteiger partial charge in [0.25, 0.3) is 0 Å². The van der Waals surface area contributed by atoms with Crippen LogP contribution in [0.4, 0.5) is 0 Å². The number of hydrogen-bond donors (Lipinski definition) is 1. The highest BCUT2D eigenvalue weighted by Crippen LogP contribution is 2.26. The van der Waals surface area contributed by atoms with E-state index in [-0.39, 0.29) is 6.10 Å². The molecule has 1 N–H and O–H groups in total. The third-order valence-electron chi connectivity index (χ3n) is 2.47. The molecule has 17 heavy (non-hydrogen) atoms. The number of hydrogen-bond acceptors (Lipinski definition) is 5. The minimum absolute atomic E-state index is 0.268. The molecule has 0 aliphatic rings. The summed E-state index contributed by atoms with van der Waals surface area (Å²) < 4.78 is 10.6. The first kappa shape index (κ1) is 13.9. The van der Waals surface area contributed by atoms with Crippen LogP contribution in [0.25, 0.3) is 0 Å². The second-order valence-electron chi connectivity index (χ2n) is 3.68. The van der Waals surface area contributed by atoms with Gasteiger partial charge in [-0.25, -0.2) is 4.98 Å². The first-order valence-electron chi connectivity index (χ1n) is 5.89. The van der Waals surface area contributed by atoms with E-state index >= 15 is 0 Å². The minimum atomic E-state index is -0.807. The number of aromatic nitrogens is 2. The van der Waals surface area contributed by atoms with E-state index in [1.807, 2.05) is 13.8 Å². The first-order chi connectivity index (χ1) is 8.24. The van der Waals surface area contributed by atoms with Crippen LogP contribution in [0, 0.1) is 0 Å². The predicted molar refractivity (Wildman–Crippen MR) is 63.9 cm³/mol. The molecule has 2 atom stereocenters. The van der Waals surface area contributed by atoms with Gasteiger partial charge in [-0.2, -0.15) is 0 Å². The van der Waals surface area contributed by atoms with Crippen molar-refractivity contribution in [3.8, 4) is 5.88 Å². The van der Waals surface area contributed by atoms with Crippen molar-refractivity contribution in [1.82, 2.24) is 9.97 Å². The van der Waals surface area contributed by atoms with E-state index in [0.29, 0.717) is 18.2 Å². The Balaban J connectivity index is 2.87. The van der Waals surface area contributed by atoms with Crippen LogP contribution in [-0.2, 0) is 4.74 Å². The molecular weight excluding hydrogens is 220 g/mol. The maximum atomic E-state index is 10.2. The van der Waals surface area contributed by atoms with Gasteiger partial charge in [0, 0.05) is 19.0 Å². The Kier molecular flexibility index (Phi) is 5.86. The van der Waals surface area contributed by atoms with E-state index in [1.54, 1.807) is 0 Å². The van der Waals surface area contributed by atoms with Crippen molar-refractivity contribution in [3.05, 3.63) is 18.1 Å². The molecule has 2 unspecified atom stereocenters. The molecule has 0 bridgehead atoms. The molecule has 0 aromatic carbocycles. The molecule has 0 saturated carbocycles. The molecule has 5 heteroatoms. The van der Waals surface area contributed by atoms with Crippen LogP contribution in [-0.4, -0.2) is 34.9 Å². The van der Waals surface area contributed by atoms with Gasteiger partial charge in [-0.15, -0.1) is 0 Å². The number of ether oxygens (including phenoxy) is 2. The lowest BCUT2D eigenvalue weighted by Crippen LogP contribution is -2.23. The van der Waals surface area contributed by atoms with Crippen molar-refractivity contribution < 1.29 is 14.6 Å². The van der Waals surface area contributed by atoms with Crippen LogP contribution in [0.3, 0.4) is 0 Å². The number of methoxy groups -OCH3 is 1. The molecule has 1 rings (SSSR count). The zero-order valence-corrected chi connectivity index (χ0v) is 10.6. The number of nitrogens with zero attached hydrogens (tertiary/aromatic N) is 2. The molecule has 1 aromatic heterocycles. The second-order valence-corrected chi connectivity index (χ2v) is 3.68. The summed E-state index contributed by atoms with van der Waals surface area (Å²) in [5.41, 5.74) is 0.432. The molecule has 5 nitrogen and oxygen atoms in total. The maximum absolute atomic E-state index is 10.2. The molecule has 0 fully saturated rings. The summed E-state index contributed by atoms with van der Waals surface area (Å²) in [7, 11) is 1.51. The lowest BCUT2D eigenvalue weighted by atomic mass is 10.1. The van der Waals surface area contributed by atoms with Gasteiger partial charge in [-0.05, 0) is 13.3 Å². The summed E-state index contributed by atoms with van der Waals surface area (Å²) in [5.74, 6) is 0.348. The molecule has 96 valence electrons. The standard InChI is InChI=1S/C12H20N2O3/c1-4-6-9(17-5-2)11(15)10-12(16-3)14-8-7-13-10/h7-9,11,15H,4-6H2,1-3H3. The van der Waals surface area contributed by atoms with Crippen LogP contribution in [0.2, 0.25) is 0 Å². The monoisotopic (exact) mass is 240 g/mol. The third-order valence-corrected chi connectivity index (χ3v) is 2.47. The fourth-order valence-electron chi connectivity index (χ4n) is 1.70. The highest BCUT2D eigenvalue weighted by atomic mass is 16.5. The largest absolute Gasteiger partial charge is 0.480 e. The highest BCUT2D eigenvalue weighted by Gasteiger charge is 2.25. The molecule has 0 aliphatic carbocycles. The fraction of sp³-hybridized carbons (Fsp3) is 0.667. The predicted octanol–water partition coefficient (Wildman–Crippen LogP) is 1.72. The van der Waals surface area contributed by atoms with Crippen molar-refractivity contribution >= 4 is 0 Å². The Morgan fingerprint density at radius 2 is 2.00 bits per heavy atom. The van der Waals surface area contributed by atoms with Gasteiger partial charge < -0.3 is 14.6 Å². The fourth-order valence-corrected chi connectivity index (χ4v) is 1.70. The molecule has 0 aliphatic heterocycles. The summed E-state index contributed by atoms with van der Waals surface area (Å²) in [4.78, 5) is 8.14. The zero-order chi connectivity index (χ0) is 12.7. The number of rotatable bonds is 7. The minimum Gasteiger partial charge on any atom is -0.480 e. The average molecular weight is 240 g/mol. The van der Waals surface area contributed by atoms with Gasteiger partial charge in [0.15, 0.2) is 0 Å². The Bertz CT molecular complexity index is 327. The van der Waals surface area contributed by atoms with Crippen LogP contribution in [0.15, 0.2) is 12.4 Å². The molecule has 0 radical (unpaired) electrons. The van der Waals surface area contributed by atoms with E-state index < -0.39 is 6.10 Å². The van der Waals surface area contributed by atoms with Crippen LogP contribution in [0.1, 0.15) is 38.5 Å². The van der Waals surface area contributed by atoms with Gasteiger partial charge in [-0.1, -0.05) is 13.3 Å². The van der Waals surface area contributed by atoms with E-state index in [4.69, 9.17) is 9.47 Å². The molecule has 0 saturated heterocycles. The topological polar surface area (TPSA) is 64.5 Å². The summed E-state index contributed by atoms with van der Waals surface area (Å²) >= 11 is 0. The number of aliphatic hydroxyl groups is 1. The van der Waals surface area contributed by atoms with Crippen LogP contribution in [0.5, 0.6) is 5.88 Å². The summed E-state index contributed by atoms with van der Waals surface area (Å²) in [6.45, 7) is 4.51. The molecule has 1 heterocycles. The first-order valence-corrected chi connectivity index (χ1v) is 5.89. The van der Waals surface area contributed by atoms with E-state index in [0.717, 1.165) is 12.8 Å². The maximum Gasteiger partial charge on any atom is 0.238 e. The van der Waals surface area contributed by atoms with E-state index in [2.05, 4.69) is 9.97 Å². The van der Waals surface area contributed by atoms with Gasteiger partial charge in [-0.3, -0.25) is 4.98 Å². The van der Waals surface area contributed by atoms with Crippen LogP contribution >= 0.6 is 0 Å². The van der Waals surface area contributed by atoms with Gasteiger partial charge in [0.1, 0.15) is 11.8 Å². The van der Waals surface area contributed by atoms with Crippen LogP contribution < -0.4 is 4.74 Å². The van der Waals surface area contributed by atoms with Gasteiger partial charge >= 0.3 is 0 Å². The summed E-state index contributed by atoms with van der Waals surface area (Å²) in [5, 5.41) is 10.2. The van der Waals surface area contributed by atoms with Crippen molar-refractivity contribution in [3.63, 3.8) is 0 Å². The molecular formula is C12H20N2O3.